The van der Waals surface area contributed by atoms with Crippen molar-refractivity contribution in [3.8, 4) is 0 Å². The van der Waals surface area contributed by atoms with Gasteiger partial charge in [-0.1, -0.05) is 20.8 Å². The molecule has 0 aromatic rings. The molecule has 0 fully saturated rings. The Labute approximate surface area is 73.6 Å². The van der Waals surface area contributed by atoms with Crippen molar-refractivity contribution in [1.29, 1.82) is 0 Å². The zero-order valence-corrected chi connectivity index (χ0v) is 8.04. The lowest BCUT2D eigenvalue weighted by Gasteiger charge is -2.04. The molecule has 0 amide bonds. The predicted molar refractivity (Wildman–Crippen MR) is 49.4 cm³/mol. The maximum atomic E-state index is 10.4. The quantitative estimate of drug-likeness (QED) is 0.471. The summed E-state index contributed by atoms with van der Waals surface area (Å²) in [5, 5.41) is 10.4. The first-order chi connectivity index (χ1) is 5.65. The molecule has 3 nitrogen and oxygen atoms in total. The summed E-state index contributed by atoms with van der Waals surface area (Å²) in [7, 11) is 0. The highest BCUT2D eigenvalue weighted by atomic mass is 16.6. The van der Waals surface area contributed by atoms with E-state index in [4.69, 9.17) is 0 Å². The Morgan fingerprint density at radius 3 is 2.17 bits per heavy atom. The molecule has 0 aromatic carbocycles. The van der Waals surface area contributed by atoms with Gasteiger partial charge in [0.05, 0.1) is 4.92 Å². The highest BCUT2D eigenvalue weighted by Crippen LogP contribution is 2.14. The lowest BCUT2D eigenvalue weighted by Crippen LogP contribution is -2.01. The van der Waals surface area contributed by atoms with Crippen LogP contribution >= 0.6 is 0 Å². The molecule has 0 saturated heterocycles. The van der Waals surface area contributed by atoms with Gasteiger partial charge in [0.1, 0.15) is 0 Å². The Bertz CT molecular complexity index is 171. The predicted octanol–water partition coefficient (Wildman–Crippen LogP) is 2.99. The van der Waals surface area contributed by atoms with E-state index in [0.29, 0.717) is 18.0 Å². The Kier molecular flexibility index (Phi) is 5.34. The van der Waals surface area contributed by atoms with Gasteiger partial charge in [0.15, 0.2) is 0 Å². The molecule has 0 atom stereocenters. The molecule has 0 rings (SSSR count). The van der Waals surface area contributed by atoms with Crippen LogP contribution in [0.15, 0.2) is 11.8 Å². The summed E-state index contributed by atoms with van der Waals surface area (Å²) >= 11 is 0. The Morgan fingerprint density at radius 2 is 1.92 bits per heavy atom. The van der Waals surface area contributed by atoms with Crippen molar-refractivity contribution in [2.24, 2.45) is 5.92 Å². The molecule has 0 saturated carbocycles. The molecule has 0 aliphatic heterocycles. The van der Waals surface area contributed by atoms with Crippen LogP contribution in [0.1, 0.15) is 40.0 Å². The molecule has 0 heterocycles. The van der Waals surface area contributed by atoms with E-state index >= 15 is 0 Å². The minimum atomic E-state index is -0.279. The zero-order valence-electron chi connectivity index (χ0n) is 8.04. The van der Waals surface area contributed by atoms with E-state index in [-0.39, 0.29) is 4.92 Å². The summed E-state index contributed by atoms with van der Waals surface area (Å²) in [6.45, 7) is 5.92. The van der Waals surface area contributed by atoms with Gasteiger partial charge in [-0.05, 0) is 24.8 Å². The highest BCUT2D eigenvalue weighted by molar-refractivity contribution is 4.94. The van der Waals surface area contributed by atoms with E-state index in [1.54, 1.807) is 6.08 Å². The van der Waals surface area contributed by atoms with Crippen LogP contribution in [-0.4, -0.2) is 4.92 Å². The Hall–Kier alpha value is -0.860. The molecule has 0 spiro atoms. The lowest BCUT2D eigenvalue weighted by atomic mass is 10.0. The van der Waals surface area contributed by atoms with Crippen LogP contribution in [-0.2, 0) is 0 Å². The number of hydrogen-bond donors (Lipinski definition) is 0. The molecule has 0 aromatic heterocycles. The van der Waals surface area contributed by atoms with Gasteiger partial charge in [-0.15, -0.1) is 0 Å². The normalized spacial score (nSPS) is 12.2. The SMILES string of the molecule is CCC(=CC(CC)CC)[N+](=O)[O-]. The van der Waals surface area contributed by atoms with Crippen LogP contribution in [0.5, 0.6) is 0 Å². The van der Waals surface area contributed by atoms with Gasteiger partial charge in [0, 0.05) is 6.42 Å². The third-order valence-electron chi connectivity index (χ3n) is 2.07. The van der Waals surface area contributed by atoms with Crippen molar-refractivity contribution in [2.45, 2.75) is 40.0 Å². The van der Waals surface area contributed by atoms with E-state index in [0.717, 1.165) is 12.8 Å². The van der Waals surface area contributed by atoms with Gasteiger partial charge >= 0.3 is 0 Å². The van der Waals surface area contributed by atoms with Crippen molar-refractivity contribution in [3.63, 3.8) is 0 Å². The average Bonchev–Trinajstić information content (AvgIpc) is 2.06. The van der Waals surface area contributed by atoms with Crippen molar-refractivity contribution < 1.29 is 4.92 Å². The number of allylic oxidation sites excluding steroid dienone is 2. The largest absolute Gasteiger partial charge is 0.259 e. The van der Waals surface area contributed by atoms with E-state index in [1.807, 2.05) is 6.92 Å². The lowest BCUT2D eigenvalue weighted by molar-refractivity contribution is -0.428. The minimum absolute atomic E-state index is 0.279. The third-order valence-corrected chi connectivity index (χ3v) is 2.07. The topological polar surface area (TPSA) is 43.1 Å². The maximum Gasteiger partial charge on any atom is 0.242 e. The fraction of sp³-hybridized carbons (Fsp3) is 0.778. The van der Waals surface area contributed by atoms with Gasteiger partial charge < -0.3 is 0 Å². The standard InChI is InChI=1S/C9H17NO2/c1-4-8(5-2)7-9(6-3)10(11)12/h7-8H,4-6H2,1-3H3. The summed E-state index contributed by atoms with van der Waals surface area (Å²) in [6.07, 6.45) is 4.27. The number of nitro groups is 1. The van der Waals surface area contributed by atoms with Gasteiger partial charge in [0.2, 0.25) is 5.70 Å². The Morgan fingerprint density at radius 1 is 1.42 bits per heavy atom. The first-order valence-corrected chi connectivity index (χ1v) is 4.50. The zero-order chi connectivity index (χ0) is 9.56. The van der Waals surface area contributed by atoms with Gasteiger partial charge in [-0.2, -0.15) is 0 Å². The van der Waals surface area contributed by atoms with Gasteiger partial charge in [0.25, 0.3) is 0 Å². The van der Waals surface area contributed by atoms with Crippen LogP contribution in [0.4, 0.5) is 0 Å². The average molecular weight is 171 g/mol. The van der Waals surface area contributed by atoms with Crippen molar-refractivity contribution in [2.75, 3.05) is 0 Å². The van der Waals surface area contributed by atoms with Gasteiger partial charge in [-0.25, -0.2) is 0 Å². The molecule has 0 unspecified atom stereocenters. The van der Waals surface area contributed by atoms with E-state index < -0.39 is 0 Å². The van der Waals surface area contributed by atoms with Crippen LogP contribution in [0.25, 0.3) is 0 Å². The van der Waals surface area contributed by atoms with Crippen LogP contribution in [0.3, 0.4) is 0 Å². The molecular weight excluding hydrogens is 154 g/mol. The monoisotopic (exact) mass is 171 g/mol. The van der Waals surface area contributed by atoms with Crippen molar-refractivity contribution >= 4 is 0 Å². The Balaban J connectivity index is 4.34. The fourth-order valence-corrected chi connectivity index (χ4v) is 1.10. The number of rotatable bonds is 5. The fourth-order valence-electron chi connectivity index (χ4n) is 1.10. The smallest absolute Gasteiger partial charge is 0.242 e. The molecule has 0 radical (unpaired) electrons. The van der Waals surface area contributed by atoms with Crippen LogP contribution in [0, 0.1) is 16.0 Å². The third kappa shape index (κ3) is 3.51. The summed E-state index contributed by atoms with van der Waals surface area (Å²) in [4.78, 5) is 10.2. The first-order valence-electron chi connectivity index (χ1n) is 4.50. The molecular formula is C9H17NO2. The van der Waals surface area contributed by atoms with Gasteiger partial charge in [-0.3, -0.25) is 10.1 Å². The van der Waals surface area contributed by atoms with Crippen molar-refractivity contribution in [3.05, 3.63) is 21.9 Å². The number of hydrogen-bond acceptors (Lipinski definition) is 2. The summed E-state index contributed by atoms with van der Waals surface area (Å²) in [6, 6.07) is 0. The molecule has 0 aliphatic rings. The molecule has 12 heavy (non-hydrogen) atoms. The molecule has 0 N–H and O–H groups in total. The van der Waals surface area contributed by atoms with E-state index in [1.165, 1.54) is 0 Å². The molecule has 0 aliphatic carbocycles. The minimum Gasteiger partial charge on any atom is -0.259 e. The molecule has 70 valence electrons. The molecule has 0 bridgehead atoms. The molecule has 3 heteroatoms. The second-order valence-corrected chi connectivity index (χ2v) is 2.85. The maximum absolute atomic E-state index is 10.4. The second kappa shape index (κ2) is 5.75. The highest BCUT2D eigenvalue weighted by Gasteiger charge is 2.10. The van der Waals surface area contributed by atoms with Crippen molar-refractivity contribution in [1.82, 2.24) is 0 Å². The van der Waals surface area contributed by atoms with E-state index in [2.05, 4.69) is 13.8 Å². The summed E-state index contributed by atoms with van der Waals surface area (Å²) in [5.41, 5.74) is 0.351. The van der Waals surface area contributed by atoms with E-state index in [9.17, 15) is 10.1 Å². The summed E-state index contributed by atoms with van der Waals surface area (Å²) < 4.78 is 0. The number of nitrogens with zero attached hydrogens (tertiary/aromatic N) is 1. The van der Waals surface area contributed by atoms with Crippen LogP contribution < -0.4 is 0 Å². The summed E-state index contributed by atoms with van der Waals surface area (Å²) in [5.74, 6) is 0.366. The first kappa shape index (κ1) is 11.1. The second-order valence-electron chi connectivity index (χ2n) is 2.85. The van der Waals surface area contributed by atoms with Crippen LogP contribution in [0.2, 0.25) is 0 Å².